The molecule has 190 valence electrons. The Balaban J connectivity index is 1.63. The zero-order chi connectivity index (χ0) is 25.1. The van der Waals surface area contributed by atoms with Crippen LogP contribution in [0.5, 0.6) is 0 Å². The number of carboxylic acids is 1. The van der Waals surface area contributed by atoms with E-state index in [-0.39, 0.29) is 17.0 Å². The molecule has 3 aromatic rings. The average molecular weight is 507 g/mol. The molecule has 2 aliphatic carbocycles. The second kappa shape index (κ2) is 10.9. The van der Waals surface area contributed by atoms with E-state index in [1.54, 1.807) is 10.6 Å². The van der Waals surface area contributed by atoms with Gasteiger partial charge in [0.15, 0.2) is 10.4 Å². The van der Waals surface area contributed by atoms with Crippen molar-refractivity contribution in [2.45, 2.75) is 77.3 Å². The van der Waals surface area contributed by atoms with Gasteiger partial charge in [0.1, 0.15) is 16.9 Å². The monoisotopic (exact) mass is 506 g/mol. The lowest BCUT2D eigenvalue weighted by molar-refractivity contribution is -0.130. The maximum atomic E-state index is 13.7. The van der Waals surface area contributed by atoms with E-state index in [0.29, 0.717) is 40.9 Å². The van der Waals surface area contributed by atoms with Crippen molar-refractivity contribution in [2.24, 2.45) is 11.8 Å². The number of aromatic amines is 1. The van der Waals surface area contributed by atoms with Gasteiger partial charge in [-0.1, -0.05) is 68.9 Å². The number of fused-ring (bicyclic) bond motifs is 1. The van der Waals surface area contributed by atoms with Gasteiger partial charge in [0.05, 0.1) is 0 Å². The SMILES string of the molecule is O=C(O)C(=Cc1ccccc1)c1nc2c([nH]1)c(=O)n(CC1CCCCC1)c(=S)n2CC1CCCCC1. The van der Waals surface area contributed by atoms with Crippen LogP contribution in [0.4, 0.5) is 0 Å². The van der Waals surface area contributed by atoms with E-state index in [1.807, 2.05) is 34.9 Å². The molecule has 0 unspecified atom stereocenters. The third-order valence-corrected chi connectivity index (χ3v) is 8.23. The predicted octanol–water partition coefficient (Wildman–Crippen LogP) is 6.04. The standard InChI is InChI=1S/C28H34N4O3S/c33-26-23-25(30-24(29-23)22(27(34)35)16-19-10-4-1-5-11-19)31(17-20-12-6-2-7-13-20)28(36)32(26)18-21-14-8-3-9-15-21/h1,4-5,10-11,16,20-21H,2-3,6-9,12-15,17-18H2,(H,29,30)(H,34,35). The summed E-state index contributed by atoms with van der Waals surface area (Å²) in [4.78, 5) is 33.7. The predicted molar refractivity (Wildman–Crippen MR) is 144 cm³/mol. The normalized spacial score (nSPS) is 18.1. The number of carboxylic acid groups (broad SMARTS) is 1. The highest BCUT2D eigenvalue weighted by Crippen LogP contribution is 2.28. The summed E-state index contributed by atoms with van der Waals surface area (Å²) < 4.78 is 4.23. The number of H-pyrrole nitrogens is 1. The summed E-state index contributed by atoms with van der Waals surface area (Å²) in [5.74, 6) is 0.000415. The maximum absolute atomic E-state index is 13.7. The van der Waals surface area contributed by atoms with E-state index in [2.05, 4.69) is 9.97 Å². The lowest BCUT2D eigenvalue weighted by Crippen LogP contribution is -2.30. The van der Waals surface area contributed by atoms with Gasteiger partial charge in [-0.2, -0.15) is 0 Å². The van der Waals surface area contributed by atoms with Gasteiger partial charge in [-0.05, 0) is 61.4 Å². The van der Waals surface area contributed by atoms with Gasteiger partial charge in [-0.25, -0.2) is 9.78 Å². The van der Waals surface area contributed by atoms with Crippen molar-refractivity contribution >= 4 is 41.0 Å². The molecule has 2 heterocycles. The molecule has 2 fully saturated rings. The summed E-state index contributed by atoms with van der Waals surface area (Å²) in [5, 5.41) is 10.00. The van der Waals surface area contributed by atoms with Gasteiger partial charge >= 0.3 is 5.97 Å². The number of rotatable bonds is 7. The minimum Gasteiger partial charge on any atom is -0.478 e. The van der Waals surface area contributed by atoms with Crippen LogP contribution in [0.15, 0.2) is 35.1 Å². The molecule has 0 atom stereocenters. The number of hydrogen-bond acceptors (Lipinski definition) is 4. The highest BCUT2D eigenvalue weighted by Gasteiger charge is 2.24. The lowest BCUT2D eigenvalue weighted by atomic mass is 9.89. The number of hydrogen-bond donors (Lipinski definition) is 2. The van der Waals surface area contributed by atoms with Gasteiger partial charge in [-0.15, -0.1) is 0 Å². The van der Waals surface area contributed by atoms with E-state index >= 15 is 0 Å². The van der Waals surface area contributed by atoms with Crippen LogP contribution in [0, 0.1) is 16.6 Å². The molecule has 7 nitrogen and oxygen atoms in total. The lowest BCUT2D eigenvalue weighted by Gasteiger charge is -2.25. The van der Waals surface area contributed by atoms with E-state index < -0.39 is 5.97 Å². The van der Waals surface area contributed by atoms with Crippen molar-refractivity contribution < 1.29 is 9.90 Å². The summed E-state index contributed by atoms with van der Waals surface area (Å²) in [5.41, 5.74) is 1.37. The van der Waals surface area contributed by atoms with Gasteiger partial charge in [0.2, 0.25) is 0 Å². The first-order chi connectivity index (χ1) is 17.5. The second-order valence-electron chi connectivity index (χ2n) is 10.4. The molecular weight excluding hydrogens is 472 g/mol. The van der Waals surface area contributed by atoms with Crippen LogP contribution in [0.1, 0.15) is 75.6 Å². The summed E-state index contributed by atoms with van der Waals surface area (Å²) in [7, 11) is 0. The Morgan fingerprint density at radius 1 is 0.972 bits per heavy atom. The molecule has 0 aliphatic heterocycles. The molecule has 0 amide bonds. The molecule has 5 rings (SSSR count). The molecule has 36 heavy (non-hydrogen) atoms. The zero-order valence-corrected chi connectivity index (χ0v) is 21.4. The van der Waals surface area contributed by atoms with Crippen LogP contribution >= 0.6 is 12.2 Å². The number of carbonyl (C=O) groups is 1. The number of benzene rings is 1. The molecule has 0 saturated heterocycles. The molecule has 2 N–H and O–H groups in total. The fraction of sp³-hybridized carbons (Fsp3) is 0.500. The average Bonchev–Trinajstić information content (AvgIpc) is 3.34. The van der Waals surface area contributed by atoms with E-state index in [0.717, 1.165) is 31.2 Å². The first-order valence-electron chi connectivity index (χ1n) is 13.2. The summed E-state index contributed by atoms with van der Waals surface area (Å²) in [6, 6.07) is 9.28. The maximum Gasteiger partial charge on any atom is 0.339 e. The molecule has 0 bridgehead atoms. The van der Waals surface area contributed by atoms with Gasteiger partial charge in [0, 0.05) is 13.1 Å². The smallest absolute Gasteiger partial charge is 0.339 e. The summed E-state index contributed by atoms with van der Waals surface area (Å²) >= 11 is 5.92. The summed E-state index contributed by atoms with van der Waals surface area (Å²) in [6.45, 7) is 1.31. The highest BCUT2D eigenvalue weighted by molar-refractivity contribution is 7.71. The Bertz CT molecular complexity index is 1370. The Morgan fingerprint density at radius 3 is 2.14 bits per heavy atom. The van der Waals surface area contributed by atoms with Crippen molar-refractivity contribution in [1.29, 1.82) is 0 Å². The van der Waals surface area contributed by atoms with Crippen molar-refractivity contribution in [2.75, 3.05) is 0 Å². The van der Waals surface area contributed by atoms with Crippen LogP contribution < -0.4 is 5.56 Å². The number of aliphatic carboxylic acids is 1. The quantitative estimate of drug-likeness (QED) is 0.301. The van der Waals surface area contributed by atoms with Crippen LogP contribution in [0.3, 0.4) is 0 Å². The molecule has 2 aromatic heterocycles. The second-order valence-corrected chi connectivity index (χ2v) is 10.7. The van der Waals surface area contributed by atoms with Crippen molar-refractivity contribution in [3.05, 3.63) is 56.8 Å². The van der Waals surface area contributed by atoms with Crippen LogP contribution in [0.2, 0.25) is 0 Å². The third kappa shape index (κ3) is 5.24. The molecule has 0 spiro atoms. The molecule has 1 aromatic carbocycles. The Hall–Kier alpha value is -3.00. The third-order valence-electron chi connectivity index (χ3n) is 7.79. The van der Waals surface area contributed by atoms with E-state index in [1.165, 1.54) is 38.5 Å². The van der Waals surface area contributed by atoms with Gasteiger partial charge in [0.25, 0.3) is 5.56 Å². The van der Waals surface area contributed by atoms with Crippen LogP contribution in [-0.2, 0) is 17.9 Å². The van der Waals surface area contributed by atoms with E-state index in [4.69, 9.17) is 12.2 Å². The van der Waals surface area contributed by atoms with Gasteiger partial charge in [-0.3, -0.25) is 9.36 Å². The molecule has 8 heteroatoms. The van der Waals surface area contributed by atoms with E-state index in [9.17, 15) is 14.7 Å². The molecule has 2 saturated carbocycles. The summed E-state index contributed by atoms with van der Waals surface area (Å²) in [6.07, 6.45) is 13.4. The first-order valence-corrected chi connectivity index (χ1v) is 13.7. The minimum atomic E-state index is -1.10. The molecule has 2 aliphatic rings. The zero-order valence-electron chi connectivity index (χ0n) is 20.6. The number of nitrogens with zero attached hydrogens (tertiary/aromatic N) is 3. The number of imidazole rings is 1. The minimum absolute atomic E-state index is 0.0192. The fourth-order valence-electron chi connectivity index (χ4n) is 5.82. The van der Waals surface area contributed by atoms with Crippen LogP contribution in [0.25, 0.3) is 22.8 Å². The Kier molecular flexibility index (Phi) is 7.51. The fourth-order valence-corrected chi connectivity index (χ4v) is 6.14. The Morgan fingerprint density at radius 2 is 1.56 bits per heavy atom. The number of nitrogens with one attached hydrogen (secondary N) is 1. The first kappa shape index (κ1) is 24.7. The van der Waals surface area contributed by atoms with Crippen molar-refractivity contribution in [1.82, 2.24) is 19.1 Å². The largest absolute Gasteiger partial charge is 0.478 e. The number of aromatic nitrogens is 4. The molecule has 0 radical (unpaired) electrons. The van der Waals surface area contributed by atoms with Crippen LogP contribution in [-0.4, -0.2) is 30.2 Å². The van der Waals surface area contributed by atoms with Crippen molar-refractivity contribution in [3.8, 4) is 0 Å². The van der Waals surface area contributed by atoms with Crippen molar-refractivity contribution in [3.63, 3.8) is 0 Å². The highest BCUT2D eigenvalue weighted by atomic mass is 32.1. The van der Waals surface area contributed by atoms with Gasteiger partial charge < -0.3 is 14.7 Å². The molecular formula is C28H34N4O3S. The topological polar surface area (TPSA) is 92.9 Å². The Labute approximate surface area is 215 Å².